The minimum Gasteiger partial charge on any atom is -0.341 e. The second-order valence-corrected chi connectivity index (χ2v) is 7.98. The van der Waals surface area contributed by atoms with Crippen molar-refractivity contribution < 1.29 is 9.59 Å². The maximum absolute atomic E-state index is 12.9. The van der Waals surface area contributed by atoms with E-state index in [4.69, 9.17) is 0 Å². The van der Waals surface area contributed by atoms with E-state index < -0.39 is 0 Å². The Labute approximate surface area is 146 Å². The van der Waals surface area contributed by atoms with Gasteiger partial charge in [-0.05, 0) is 40.0 Å². The van der Waals surface area contributed by atoms with Crippen molar-refractivity contribution in [3.8, 4) is 0 Å². The van der Waals surface area contributed by atoms with Crippen LogP contribution in [0.1, 0.15) is 38.9 Å². The zero-order valence-electron chi connectivity index (χ0n) is 14.5. The van der Waals surface area contributed by atoms with Crippen molar-refractivity contribution in [3.63, 3.8) is 0 Å². The normalized spacial score (nSPS) is 24.4. The topological polar surface area (TPSA) is 82.2 Å². The van der Waals surface area contributed by atoms with E-state index >= 15 is 0 Å². The molecule has 1 aromatic heterocycles. The van der Waals surface area contributed by atoms with Crippen molar-refractivity contribution in [1.29, 1.82) is 0 Å². The molecule has 2 saturated heterocycles. The van der Waals surface area contributed by atoms with Gasteiger partial charge in [0.1, 0.15) is 5.82 Å². The third-order valence-corrected chi connectivity index (χ3v) is 5.83. The molecule has 3 heterocycles. The Bertz CT molecular complexity index is 632. The molecule has 7 nitrogen and oxygen atoms in total. The van der Waals surface area contributed by atoms with E-state index in [1.807, 2.05) is 16.7 Å². The summed E-state index contributed by atoms with van der Waals surface area (Å²) >= 11 is 1.34. The predicted molar refractivity (Wildman–Crippen MR) is 91.6 cm³/mol. The van der Waals surface area contributed by atoms with Crippen LogP contribution < -0.4 is 0 Å². The fraction of sp³-hybridized carbons (Fsp3) is 0.750. The highest BCUT2D eigenvalue weighted by Crippen LogP contribution is 2.40. The molecule has 1 atom stereocenters. The van der Waals surface area contributed by atoms with Crippen LogP contribution in [0.5, 0.6) is 0 Å². The number of carbonyl (C=O) groups excluding carboxylic acids is 2. The molecule has 0 aliphatic carbocycles. The summed E-state index contributed by atoms with van der Waals surface area (Å²) in [6.45, 7) is 8.02. The van der Waals surface area contributed by atoms with Crippen LogP contribution in [-0.2, 0) is 9.59 Å². The Hall–Kier alpha value is -1.57. The molecule has 2 fully saturated rings. The molecular weight excluding hydrogens is 326 g/mol. The van der Waals surface area contributed by atoms with Crippen LogP contribution in [0.3, 0.4) is 0 Å². The molecule has 0 saturated carbocycles. The maximum atomic E-state index is 12.9. The van der Waals surface area contributed by atoms with E-state index in [0.29, 0.717) is 24.0 Å². The van der Waals surface area contributed by atoms with Gasteiger partial charge >= 0.3 is 0 Å². The van der Waals surface area contributed by atoms with Gasteiger partial charge in [0.05, 0.1) is 11.2 Å². The minimum atomic E-state index is -0.357. The van der Waals surface area contributed by atoms with Crippen molar-refractivity contribution in [2.45, 2.75) is 51.2 Å². The van der Waals surface area contributed by atoms with E-state index in [2.05, 4.69) is 29.0 Å². The number of rotatable bonds is 4. The largest absolute Gasteiger partial charge is 0.341 e. The summed E-state index contributed by atoms with van der Waals surface area (Å²) < 4.78 is 0. The van der Waals surface area contributed by atoms with Crippen LogP contribution in [0.2, 0.25) is 0 Å². The third-order valence-electron chi connectivity index (χ3n) is 5.00. The second-order valence-electron chi connectivity index (χ2n) is 7.03. The molecule has 1 N–H and O–H groups in total. The van der Waals surface area contributed by atoms with E-state index in [9.17, 15) is 9.59 Å². The number of aromatic amines is 1. The molecule has 8 heteroatoms. The number of hydrogen-bond acceptors (Lipinski definition) is 5. The van der Waals surface area contributed by atoms with E-state index in [1.54, 1.807) is 0 Å². The molecule has 0 unspecified atom stereocenters. The van der Waals surface area contributed by atoms with Gasteiger partial charge in [-0.25, -0.2) is 4.98 Å². The average molecular weight is 351 g/mol. The zero-order valence-corrected chi connectivity index (χ0v) is 15.4. The molecule has 2 aliphatic heterocycles. The lowest BCUT2D eigenvalue weighted by Gasteiger charge is -2.41. The lowest BCUT2D eigenvalue weighted by molar-refractivity contribution is -0.148. The highest BCUT2D eigenvalue weighted by Gasteiger charge is 2.49. The fourth-order valence-electron chi connectivity index (χ4n) is 3.66. The average Bonchev–Trinajstić information content (AvgIpc) is 3.15. The smallest absolute Gasteiger partial charge is 0.233 e. The number of aromatic nitrogens is 3. The Morgan fingerprint density at radius 3 is 2.83 bits per heavy atom. The molecule has 132 valence electrons. The van der Waals surface area contributed by atoms with Gasteiger partial charge in [0.25, 0.3) is 0 Å². The van der Waals surface area contributed by atoms with Gasteiger partial charge in [0.2, 0.25) is 17.0 Å². The third kappa shape index (κ3) is 3.29. The van der Waals surface area contributed by atoms with Crippen molar-refractivity contribution in [2.24, 2.45) is 5.41 Å². The van der Waals surface area contributed by atoms with E-state index in [0.717, 1.165) is 31.6 Å². The Balaban J connectivity index is 1.59. The zero-order chi connectivity index (χ0) is 17.3. The van der Waals surface area contributed by atoms with Crippen LogP contribution in [0.25, 0.3) is 0 Å². The Morgan fingerprint density at radius 2 is 2.17 bits per heavy atom. The molecular formula is C16H25N5O2S. The number of thioether (sulfide) groups is 1. The molecule has 3 rings (SSSR count). The second kappa shape index (κ2) is 6.74. The minimum absolute atomic E-state index is 0.0637. The number of carbonyl (C=O) groups is 2. The number of piperidine rings is 1. The molecule has 1 aromatic rings. The number of nitrogens with one attached hydrogen (secondary N) is 1. The van der Waals surface area contributed by atoms with Crippen molar-refractivity contribution in [1.82, 2.24) is 25.0 Å². The van der Waals surface area contributed by atoms with Crippen molar-refractivity contribution in [3.05, 3.63) is 5.82 Å². The first-order valence-electron chi connectivity index (χ1n) is 8.52. The van der Waals surface area contributed by atoms with Crippen LogP contribution in [0, 0.1) is 12.3 Å². The molecule has 1 spiro atoms. The predicted octanol–water partition coefficient (Wildman–Crippen LogP) is 1.45. The summed E-state index contributed by atoms with van der Waals surface area (Å²) in [4.78, 5) is 33.4. The van der Waals surface area contributed by atoms with Gasteiger partial charge in [-0.2, -0.15) is 0 Å². The molecule has 0 bridgehead atoms. The van der Waals surface area contributed by atoms with Crippen molar-refractivity contribution in [2.75, 3.05) is 25.4 Å². The Kier molecular flexibility index (Phi) is 4.85. The number of aryl methyl sites for hydroxylation is 1. The highest BCUT2D eigenvalue weighted by molar-refractivity contribution is 7.99. The van der Waals surface area contributed by atoms with Gasteiger partial charge < -0.3 is 9.80 Å². The van der Waals surface area contributed by atoms with E-state index in [-0.39, 0.29) is 23.3 Å². The van der Waals surface area contributed by atoms with Crippen LogP contribution in [0.4, 0.5) is 0 Å². The van der Waals surface area contributed by atoms with Gasteiger partial charge in [-0.1, -0.05) is 11.8 Å². The molecule has 2 aliphatic rings. The molecule has 24 heavy (non-hydrogen) atoms. The standard InChI is InChI=1S/C16H25N5O2S/c1-11(2)21-7-4-5-16(14(21)23)6-8-20(10-16)13(22)9-24-15-17-12(3)18-19-15/h11H,4-10H2,1-3H3,(H,17,18,19)/t16-/m0/s1. The van der Waals surface area contributed by atoms with Crippen LogP contribution >= 0.6 is 11.8 Å². The SMILES string of the molecule is Cc1nc(SCC(=O)N2CC[C@@]3(CCCN(C(C)C)C3=O)C2)n[nH]1. The summed E-state index contributed by atoms with van der Waals surface area (Å²) in [7, 11) is 0. The number of amides is 2. The van der Waals surface area contributed by atoms with Gasteiger partial charge in [-0.15, -0.1) is 5.10 Å². The molecule has 0 radical (unpaired) electrons. The van der Waals surface area contributed by atoms with Gasteiger partial charge in [0, 0.05) is 25.7 Å². The summed E-state index contributed by atoms with van der Waals surface area (Å²) in [6.07, 6.45) is 2.70. The van der Waals surface area contributed by atoms with Gasteiger partial charge in [0.15, 0.2) is 0 Å². The van der Waals surface area contributed by atoms with Gasteiger partial charge in [-0.3, -0.25) is 14.7 Å². The van der Waals surface area contributed by atoms with E-state index in [1.165, 1.54) is 11.8 Å². The lowest BCUT2D eigenvalue weighted by Crippen LogP contribution is -2.52. The molecule has 0 aromatic carbocycles. The monoisotopic (exact) mass is 351 g/mol. The molecule has 2 amide bonds. The summed E-state index contributed by atoms with van der Waals surface area (Å²) in [5.41, 5.74) is -0.357. The summed E-state index contributed by atoms with van der Waals surface area (Å²) in [5.74, 6) is 1.35. The first-order valence-corrected chi connectivity index (χ1v) is 9.50. The summed E-state index contributed by atoms with van der Waals surface area (Å²) in [6, 6.07) is 0.226. The Morgan fingerprint density at radius 1 is 1.38 bits per heavy atom. The number of H-pyrrole nitrogens is 1. The first-order chi connectivity index (χ1) is 11.4. The van der Waals surface area contributed by atoms with Crippen molar-refractivity contribution >= 4 is 23.6 Å². The quantitative estimate of drug-likeness (QED) is 0.831. The summed E-state index contributed by atoms with van der Waals surface area (Å²) in [5, 5.41) is 7.40. The number of hydrogen-bond donors (Lipinski definition) is 1. The fourth-order valence-corrected chi connectivity index (χ4v) is 4.41. The maximum Gasteiger partial charge on any atom is 0.233 e. The number of nitrogens with zero attached hydrogens (tertiary/aromatic N) is 4. The first kappa shape index (κ1) is 17.3. The lowest BCUT2D eigenvalue weighted by atomic mass is 9.78. The number of likely N-dealkylation sites (tertiary alicyclic amines) is 2. The van der Waals surface area contributed by atoms with Crippen LogP contribution in [0.15, 0.2) is 5.16 Å². The highest BCUT2D eigenvalue weighted by atomic mass is 32.2. The van der Waals surface area contributed by atoms with Crippen LogP contribution in [-0.4, -0.2) is 68.2 Å².